The lowest BCUT2D eigenvalue weighted by Crippen LogP contribution is -1.87. The molecule has 0 fully saturated rings. The molecule has 5 heterocycles. The molecule has 4 nitrogen and oxygen atoms in total. The minimum absolute atomic E-state index is 0.913. The van der Waals surface area contributed by atoms with Gasteiger partial charge in [0.25, 0.3) is 0 Å². The molecule has 5 aromatic rings. The summed E-state index contributed by atoms with van der Waals surface area (Å²) < 4.78 is 0. The molecular weight excluding hydrogens is 440 g/mol. The zero-order valence-corrected chi connectivity index (χ0v) is 19.7. The van der Waals surface area contributed by atoms with Crippen molar-refractivity contribution in [1.29, 1.82) is 0 Å². The van der Waals surface area contributed by atoms with Gasteiger partial charge in [0.2, 0.25) is 0 Å². The Morgan fingerprint density at radius 1 is 0.556 bits per heavy atom. The average molecular weight is 465 g/mol. The van der Waals surface area contributed by atoms with Crippen molar-refractivity contribution in [2.45, 2.75) is 12.8 Å². The molecule has 2 aliphatic rings. The van der Waals surface area contributed by atoms with Gasteiger partial charge in [-0.3, -0.25) is 4.98 Å². The first kappa shape index (κ1) is 20.7. The van der Waals surface area contributed by atoms with Gasteiger partial charge in [-0.25, -0.2) is 4.98 Å². The molecule has 7 rings (SSSR count). The predicted molar refractivity (Wildman–Crippen MR) is 148 cm³/mol. The third kappa shape index (κ3) is 3.73. The number of hydrogen-bond donors (Lipinski definition) is 2. The van der Waals surface area contributed by atoms with E-state index < -0.39 is 0 Å². The van der Waals surface area contributed by atoms with Crippen LogP contribution in [0.3, 0.4) is 0 Å². The fourth-order valence-corrected chi connectivity index (χ4v) is 5.17. The number of aryl methyl sites for hydroxylation is 2. The summed E-state index contributed by atoms with van der Waals surface area (Å²) in [5, 5.41) is 0. The topological polar surface area (TPSA) is 57.4 Å². The quantitative estimate of drug-likeness (QED) is 0.277. The molecule has 3 aromatic heterocycles. The first-order valence-electron chi connectivity index (χ1n) is 12.3. The first-order valence-corrected chi connectivity index (χ1v) is 12.3. The highest BCUT2D eigenvalue weighted by molar-refractivity contribution is 5.91. The van der Waals surface area contributed by atoms with Crippen molar-refractivity contribution in [3.63, 3.8) is 0 Å². The van der Waals surface area contributed by atoms with Crippen LogP contribution in [-0.4, -0.2) is 19.9 Å². The Morgan fingerprint density at radius 3 is 1.92 bits per heavy atom. The maximum absolute atomic E-state index is 5.10. The van der Waals surface area contributed by atoms with E-state index in [9.17, 15) is 0 Å². The van der Waals surface area contributed by atoms with Crippen LogP contribution in [0.1, 0.15) is 22.8 Å². The highest BCUT2D eigenvalue weighted by Crippen LogP contribution is 2.31. The predicted octanol–water partition coefficient (Wildman–Crippen LogP) is 7.60. The number of nitrogens with one attached hydrogen (secondary N) is 2. The third-order valence-corrected chi connectivity index (χ3v) is 6.81. The van der Waals surface area contributed by atoms with E-state index in [0.717, 1.165) is 74.4 Å². The van der Waals surface area contributed by atoms with Crippen molar-refractivity contribution in [2.24, 2.45) is 0 Å². The number of benzene rings is 2. The lowest BCUT2D eigenvalue weighted by atomic mass is 10.0. The van der Waals surface area contributed by atoms with E-state index in [2.05, 4.69) is 113 Å². The molecule has 0 saturated carbocycles. The van der Waals surface area contributed by atoms with Crippen LogP contribution >= 0.6 is 0 Å². The molecule has 0 unspecified atom stereocenters. The molecule has 0 atom stereocenters. The van der Waals surface area contributed by atoms with Gasteiger partial charge in [-0.05, 0) is 72.5 Å². The number of fused-ring (bicyclic) bond motifs is 8. The second-order valence-corrected chi connectivity index (χ2v) is 9.23. The molecule has 4 heteroatoms. The van der Waals surface area contributed by atoms with E-state index in [1.54, 1.807) is 0 Å². The molecule has 2 aliphatic heterocycles. The van der Waals surface area contributed by atoms with E-state index in [1.807, 2.05) is 6.07 Å². The van der Waals surface area contributed by atoms with Gasteiger partial charge in [0.15, 0.2) is 0 Å². The Balaban J connectivity index is 1.58. The summed E-state index contributed by atoms with van der Waals surface area (Å²) in [5.41, 5.74) is 12.8. The summed E-state index contributed by atoms with van der Waals surface area (Å²) in [6.07, 6.45) is 6.01. The fourth-order valence-electron chi connectivity index (χ4n) is 5.17. The molecule has 0 aliphatic carbocycles. The number of H-pyrrole nitrogens is 2. The molecule has 36 heavy (non-hydrogen) atoms. The second-order valence-electron chi connectivity index (χ2n) is 9.23. The van der Waals surface area contributed by atoms with Crippen molar-refractivity contribution in [2.75, 3.05) is 0 Å². The third-order valence-electron chi connectivity index (χ3n) is 6.81. The minimum atomic E-state index is 0.913. The Bertz CT molecular complexity index is 1770. The number of aromatic amines is 2. The molecule has 172 valence electrons. The van der Waals surface area contributed by atoms with Crippen molar-refractivity contribution in [3.8, 4) is 22.3 Å². The van der Waals surface area contributed by atoms with E-state index >= 15 is 0 Å². The van der Waals surface area contributed by atoms with Gasteiger partial charge in [-0.2, -0.15) is 0 Å². The maximum atomic E-state index is 5.10. The van der Waals surface area contributed by atoms with Crippen molar-refractivity contribution in [3.05, 3.63) is 120 Å². The summed E-state index contributed by atoms with van der Waals surface area (Å²) in [6, 6.07) is 33.8. The lowest BCUT2D eigenvalue weighted by Gasteiger charge is -2.04. The van der Waals surface area contributed by atoms with Crippen LogP contribution in [0.5, 0.6) is 0 Å². The van der Waals surface area contributed by atoms with E-state index in [-0.39, 0.29) is 0 Å². The van der Waals surface area contributed by atoms with Gasteiger partial charge in [-0.15, -0.1) is 0 Å². The first-order chi connectivity index (χ1) is 17.8. The van der Waals surface area contributed by atoms with E-state index in [1.165, 1.54) is 5.56 Å². The van der Waals surface area contributed by atoms with Gasteiger partial charge >= 0.3 is 0 Å². The smallest absolute Gasteiger partial charge is 0.0736 e. The SMILES string of the molecule is C1=Cc2nc1cc1ccc([nH]1)c(-c1ccccc1)c1nc(cc3ccc([nH]3)c2-c2ccccc2)CC1. The van der Waals surface area contributed by atoms with Crippen LogP contribution in [-0.2, 0) is 12.8 Å². The van der Waals surface area contributed by atoms with E-state index in [4.69, 9.17) is 9.97 Å². The largest absolute Gasteiger partial charge is 0.355 e. The molecule has 2 aromatic carbocycles. The van der Waals surface area contributed by atoms with Gasteiger partial charge in [0, 0.05) is 38.9 Å². The molecule has 2 N–H and O–H groups in total. The highest BCUT2D eigenvalue weighted by atomic mass is 14.8. The summed E-state index contributed by atoms with van der Waals surface area (Å²) >= 11 is 0. The summed E-state index contributed by atoms with van der Waals surface area (Å²) in [6.45, 7) is 0. The number of rotatable bonds is 2. The molecule has 0 spiro atoms. The maximum Gasteiger partial charge on any atom is 0.0736 e. The molecular formula is C32H24N4. The van der Waals surface area contributed by atoms with Gasteiger partial charge < -0.3 is 9.97 Å². The number of hydrogen-bond acceptors (Lipinski definition) is 2. The van der Waals surface area contributed by atoms with Gasteiger partial charge in [-0.1, -0.05) is 60.7 Å². The van der Waals surface area contributed by atoms with Crippen LogP contribution in [0.25, 0.3) is 56.5 Å². The summed E-state index contributed by atoms with van der Waals surface area (Å²) in [4.78, 5) is 17.4. The monoisotopic (exact) mass is 464 g/mol. The lowest BCUT2D eigenvalue weighted by molar-refractivity contribution is 1.03. The Labute approximate surface area is 209 Å². The Hall–Kier alpha value is -4.70. The zero-order valence-electron chi connectivity index (χ0n) is 19.7. The Kier molecular flexibility index (Phi) is 4.88. The Morgan fingerprint density at radius 2 is 1.19 bits per heavy atom. The zero-order chi connectivity index (χ0) is 23.9. The van der Waals surface area contributed by atoms with Crippen LogP contribution in [0.4, 0.5) is 0 Å². The number of nitrogens with zero attached hydrogens (tertiary/aromatic N) is 2. The molecule has 0 radical (unpaired) electrons. The fraction of sp³-hybridized carbons (Fsp3) is 0.0625. The standard InChI is InChI=1S/C32H24N4/c1-3-7-21(8-4-1)31-27-15-11-23(33-27)19-25-13-17-29(35-25)32(22-9-5-2-6-10-22)30-18-14-26(36-30)20-24-12-16-28(31)34-24/h1-13,15-17,19-20,34-35H,14,18H2. The van der Waals surface area contributed by atoms with Crippen molar-refractivity contribution >= 4 is 34.2 Å². The summed E-state index contributed by atoms with van der Waals surface area (Å²) in [7, 11) is 0. The van der Waals surface area contributed by atoms with Gasteiger partial charge in [0.05, 0.1) is 17.1 Å². The second kappa shape index (κ2) is 8.51. The van der Waals surface area contributed by atoms with Crippen molar-refractivity contribution in [1.82, 2.24) is 19.9 Å². The minimum Gasteiger partial charge on any atom is -0.355 e. The highest BCUT2D eigenvalue weighted by Gasteiger charge is 2.15. The van der Waals surface area contributed by atoms with E-state index in [0.29, 0.717) is 0 Å². The van der Waals surface area contributed by atoms with Crippen LogP contribution < -0.4 is 0 Å². The van der Waals surface area contributed by atoms with Crippen LogP contribution in [0.2, 0.25) is 0 Å². The summed E-state index contributed by atoms with van der Waals surface area (Å²) in [5.74, 6) is 0. The number of aromatic nitrogens is 4. The molecule has 0 amide bonds. The molecule has 0 saturated heterocycles. The van der Waals surface area contributed by atoms with Crippen LogP contribution in [0, 0.1) is 0 Å². The average Bonchev–Trinajstić information content (AvgIpc) is 3.72. The van der Waals surface area contributed by atoms with Gasteiger partial charge in [0.1, 0.15) is 0 Å². The normalized spacial score (nSPS) is 12.7. The van der Waals surface area contributed by atoms with Crippen LogP contribution in [0.15, 0.2) is 97.1 Å². The molecule has 8 bridgehead atoms. The van der Waals surface area contributed by atoms with Crippen molar-refractivity contribution < 1.29 is 0 Å².